The van der Waals surface area contributed by atoms with Crippen molar-refractivity contribution < 1.29 is 5.11 Å². The zero-order valence-electron chi connectivity index (χ0n) is 10.3. The largest absolute Gasteiger partial charge is 0.385 e. The SMILES string of the molecule is NCC1(C2(O)CCCc3ccccc32)CCC1. The van der Waals surface area contributed by atoms with Crippen molar-refractivity contribution in [2.24, 2.45) is 11.1 Å². The third-order valence-electron chi connectivity index (χ3n) is 5.03. The Balaban J connectivity index is 2.09. The molecule has 0 aromatic heterocycles. The first-order valence-corrected chi connectivity index (χ1v) is 6.73. The number of hydrogen-bond donors (Lipinski definition) is 2. The van der Waals surface area contributed by atoms with E-state index in [1.165, 1.54) is 12.0 Å². The lowest BCUT2D eigenvalue weighted by atomic mass is 9.53. The molecule has 1 saturated carbocycles. The summed E-state index contributed by atoms with van der Waals surface area (Å²) in [5.74, 6) is 0. The molecule has 2 aliphatic rings. The molecular weight excluding hydrogens is 210 g/mol. The van der Waals surface area contributed by atoms with Gasteiger partial charge in [-0.2, -0.15) is 0 Å². The fourth-order valence-corrected chi connectivity index (χ4v) is 3.75. The molecule has 2 heteroatoms. The topological polar surface area (TPSA) is 46.2 Å². The quantitative estimate of drug-likeness (QED) is 0.820. The highest BCUT2D eigenvalue weighted by Gasteiger charge is 2.54. The summed E-state index contributed by atoms with van der Waals surface area (Å²) < 4.78 is 0. The molecular formula is C15H21NO. The average Bonchev–Trinajstić information content (AvgIpc) is 2.29. The molecule has 3 N–H and O–H groups in total. The number of nitrogens with two attached hydrogens (primary N) is 1. The van der Waals surface area contributed by atoms with Crippen LogP contribution in [0.15, 0.2) is 24.3 Å². The molecule has 1 aromatic carbocycles. The van der Waals surface area contributed by atoms with Crippen molar-refractivity contribution in [1.29, 1.82) is 0 Å². The van der Waals surface area contributed by atoms with Crippen LogP contribution in [0.4, 0.5) is 0 Å². The van der Waals surface area contributed by atoms with Gasteiger partial charge in [0, 0.05) is 12.0 Å². The Morgan fingerprint density at radius 1 is 1.12 bits per heavy atom. The predicted octanol–water partition coefficient (Wildman–Crippen LogP) is 2.34. The number of benzene rings is 1. The molecule has 1 aromatic rings. The Kier molecular flexibility index (Phi) is 2.53. The Hall–Kier alpha value is -0.860. The summed E-state index contributed by atoms with van der Waals surface area (Å²) in [4.78, 5) is 0. The Labute approximate surface area is 103 Å². The molecule has 0 amide bonds. The maximum Gasteiger partial charge on any atom is 0.0967 e. The molecule has 3 rings (SSSR count). The van der Waals surface area contributed by atoms with Gasteiger partial charge in [0.2, 0.25) is 0 Å². The lowest BCUT2D eigenvalue weighted by Gasteiger charge is -2.55. The monoisotopic (exact) mass is 231 g/mol. The summed E-state index contributed by atoms with van der Waals surface area (Å²) in [5.41, 5.74) is 7.73. The maximum absolute atomic E-state index is 11.2. The van der Waals surface area contributed by atoms with Crippen LogP contribution in [0, 0.1) is 5.41 Å². The first-order valence-electron chi connectivity index (χ1n) is 6.73. The normalized spacial score (nSPS) is 30.5. The molecule has 0 heterocycles. The fraction of sp³-hybridized carbons (Fsp3) is 0.600. The van der Waals surface area contributed by atoms with Crippen LogP contribution < -0.4 is 5.73 Å². The average molecular weight is 231 g/mol. The van der Waals surface area contributed by atoms with Gasteiger partial charge < -0.3 is 10.8 Å². The molecule has 0 radical (unpaired) electrons. The molecule has 2 nitrogen and oxygen atoms in total. The Morgan fingerprint density at radius 3 is 2.53 bits per heavy atom. The van der Waals surface area contributed by atoms with Gasteiger partial charge in [0.25, 0.3) is 0 Å². The molecule has 17 heavy (non-hydrogen) atoms. The van der Waals surface area contributed by atoms with Gasteiger partial charge in [-0.15, -0.1) is 0 Å². The van der Waals surface area contributed by atoms with Gasteiger partial charge in [-0.05, 0) is 43.2 Å². The second-order valence-corrected chi connectivity index (χ2v) is 5.71. The van der Waals surface area contributed by atoms with Gasteiger partial charge in [-0.3, -0.25) is 0 Å². The van der Waals surface area contributed by atoms with Crippen LogP contribution in [0.5, 0.6) is 0 Å². The van der Waals surface area contributed by atoms with Crippen molar-refractivity contribution in [1.82, 2.24) is 0 Å². The fourth-order valence-electron chi connectivity index (χ4n) is 3.75. The maximum atomic E-state index is 11.2. The summed E-state index contributed by atoms with van der Waals surface area (Å²) in [6, 6.07) is 8.37. The molecule has 1 fully saturated rings. The second kappa shape index (κ2) is 3.82. The van der Waals surface area contributed by atoms with E-state index in [1.807, 2.05) is 6.07 Å². The minimum absolute atomic E-state index is 0.0521. The highest BCUT2D eigenvalue weighted by molar-refractivity contribution is 5.37. The summed E-state index contributed by atoms with van der Waals surface area (Å²) in [5, 5.41) is 11.2. The van der Waals surface area contributed by atoms with Crippen LogP contribution in [0.1, 0.15) is 43.2 Å². The van der Waals surface area contributed by atoms with Crippen molar-refractivity contribution in [3.63, 3.8) is 0 Å². The highest BCUT2D eigenvalue weighted by Crippen LogP contribution is 2.57. The summed E-state index contributed by atoms with van der Waals surface area (Å²) >= 11 is 0. The summed E-state index contributed by atoms with van der Waals surface area (Å²) in [6.45, 7) is 0.609. The van der Waals surface area contributed by atoms with E-state index in [-0.39, 0.29) is 5.41 Å². The smallest absolute Gasteiger partial charge is 0.0967 e. The summed E-state index contributed by atoms with van der Waals surface area (Å²) in [7, 11) is 0. The van der Waals surface area contributed by atoms with Crippen LogP contribution in [0.3, 0.4) is 0 Å². The van der Waals surface area contributed by atoms with E-state index in [9.17, 15) is 5.11 Å². The van der Waals surface area contributed by atoms with Crippen LogP contribution >= 0.6 is 0 Å². The lowest BCUT2D eigenvalue weighted by molar-refractivity contribution is -0.139. The van der Waals surface area contributed by atoms with E-state index >= 15 is 0 Å². The number of hydrogen-bond acceptors (Lipinski definition) is 2. The molecule has 0 saturated heterocycles. The van der Waals surface area contributed by atoms with Crippen LogP contribution in [0.25, 0.3) is 0 Å². The lowest BCUT2D eigenvalue weighted by Crippen LogP contribution is -2.55. The zero-order valence-corrected chi connectivity index (χ0v) is 10.3. The van der Waals surface area contributed by atoms with Crippen LogP contribution in [-0.2, 0) is 12.0 Å². The molecule has 2 aliphatic carbocycles. The third-order valence-corrected chi connectivity index (χ3v) is 5.03. The van der Waals surface area contributed by atoms with Gasteiger partial charge in [0.05, 0.1) is 5.60 Å². The van der Waals surface area contributed by atoms with Gasteiger partial charge in [-0.25, -0.2) is 0 Å². The van der Waals surface area contributed by atoms with Crippen molar-refractivity contribution in [3.05, 3.63) is 35.4 Å². The van der Waals surface area contributed by atoms with Crippen molar-refractivity contribution >= 4 is 0 Å². The standard InChI is InChI=1S/C15H21NO/c16-11-14(8-4-9-14)15(17)10-3-6-12-5-1-2-7-13(12)15/h1-2,5,7,17H,3-4,6,8-11,16H2. The summed E-state index contributed by atoms with van der Waals surface area (Å²) in [6.07, 6.45) is 6.42. The first kappa shape index (κ1) is 11.2. The Bertz CT molecular complexity index is 419. The zero-order chi connectivity index (χ0) is 11.9. The molecule has 0 aliphatic heterocycles. The Morgan fingerprint density at radius 2 is 1.88 bits per heavy atom. The van der Waals surface area contributed by atoms with E-state index in [0.29, 0.717) is 6.54 Å². The number of aliphatic hydroxyl groups is 1. The first-order chi connectivity index (χ1) is 8.22. The minimum atomic E-state index is -0.672. The molecule has 0 bridgehead atoms. The van der Waals surface area contributed by atoms with Gasteiger partial charge >= 0.3 is 0 Å². The number of fused-ring (bicyclic) bond motifs is 1. The van der Waals surface area contributed by atoms with Crippen LogP contribution in [-0.4, -0.2) is 11.7 Å². The van der Waals surface area contributed by atoms with Crippen molar-refractivity contribution in [2.75, 3.05) is 6.54 Å². The number of rotatable bonds is 2. The number of aryl methyl sites for hydroxylation is 1. The van der Waals surface area contributed by atoms with E-state index in [1.54, 1.807) is 0 Å². The van der Waals surface area contributed by atoms with E-state index in [0.717, 1.165) is 37.7 Å². The molecule has 1 atom stereocenters. The third kappa shape index (κ3) is 1.40. The second-order valence-electron chi connectivity index (χ2n) is 5.71. The van der Waals surface area contributed by atoms with Crippen molar-refractivity contribution in [2.45, 2.75) is 44.1 Å². The predicted molar refractivity (Wildman–Crippen MR) is 68.6 cm³/mol. The highest BCUT2D eigenvalue weighted by atomic mass is 16.3. The van der Waals surface area contributed by atoms with E-state index in [4.69, 9.17) is 5.73 Å². The molecule has 1 unspecified atom stereocenters. The minimum Gasteiger partial charge on any atom is -0.385 e. The van der Waals surface area contributed by atoms with E-state index < -0.39 is 5.60 Å². The molecule has 0 spiro atoms. The van der Waals surface area contributed by atoms with Gasteiger partial charge in [-0.1, -0.05) is 30.7 Å². The van der Waals surface area contributed by atoms with Gasteiger partial charge in [0.15, 0.2) is 0 Å². The van der Waals surface area contributed by atoms with Gasteiger partial charge in [0.1, 0.15) is 0 Å². The van der Waals surface area contributed by atoms with Crippen LogP contribution in [0.2, 0.25) is 0 Å². The van der Waals surface area contributed by atoms with Crippen molar-refractivity contribution in [3.8, 4) is 0 Å². The van der Waals surface area contributed by atoms with E-state index in [2.05, 4.69) is 18.2 Å². The molecule has 92 valence electrons.